The summed E-state index contributed by atoms with van der Waals surface area (Å²) in [6, 6.07) is 6.74. The molecule has 1 fully saturated rings. The molecule has 1 heterocycles. The fraction of sp³-hybridized carbons (Fsp3) is 0.364. The molecule has 1 atom stereocenters. The van der Waals surface area contributed by atoms with Gasteiger partial charge in [0.1, 0.15) is 6.04 Å². The number of carbonyl (C=O) groups excluding carboxylic acids is 1. The summed E-state index contributed by atoms with van der Waals surface area (Å²) in [5.41, 5.74) is 0.738. The van der Waals surface area contributed by atoms with Crippen LogP contribution in [0.25, 0.3) is 0 Å². The van der Waals surface area contributed by atoms with Crippen LogP contribution in [-0.4, -0.2) is 31.7 Å². The third-order valence-corrected chi connectivity index (χ3v) is 2.60. The normalized spacial score (nSPS) is 20.4. The maximum Gasteiger partial charge on any atom is 0.243 e. The van der Waals surface area contributed by atoms with Crippen LogP contribution in [0.4, 0.5) is 5.69 Å². The standard InChI is InChI=1S/C11H13ClN2O2/c12-8-1-3-9(4-2-8)14-11(15)10-7-16-6-5-13-10/h1-4,10,13H,5-7H2,(H,14,15). The van der Waals surface area contributed by atoms with Crippen molar-refractivity contribution >= 4 is 23.2 Å². The van der Waals surface area contributed by atoms with Gasteiger partial charge >= 0.3 is 0 Å². The van der Waals surface area contributed by atoms with Crippen LogP contribution < -0.4 is 10.6 Å². The van der Waals surface area contributed by atoms with Crippen molar-refractivity contribution in [1.29, 1.82) is 0 Å². The lowest BCUT2D eigenvalue weighted by Gasteiger charge is -2.22. The summed E-state index contributed by atoms with van der Waals surface area (Å²) in [6.07, 6.45) is 0. The number of carbonyl (C=O) groups is 1. The average Bonchev–Trinajstić information content (AvgIpc) is 2.33. The number of amides is 1. The number of benzene rings is 1. The second kappa shape index (κ2) is 5.30. The smallest absolute Gasteiger partial charge is 0.243 e. The monoisotopic (exact) mass is 240 g/mol. The van der Waals surface area contributed by atoms with Gasteiger partial charge in [-0.05, 0) is 24.3 Å². The first-order valence-corrected chi connectivity index (χ1v) is 5.51. The minimum Gasteiger partial charge on any atom is -0.378 e. The molecule has 0 aromatic heterocycles. The van der Waals surface area contributed by atoms with Crippen LogP contribution in [0, 0.1) is 0 Å². The largest absolute Gasteiger partial charge is 0.378 e. The summed E-state index contributed by atoms with van der Waals surface area (Å²) in [5, 5.41) is 6.54. The average molecular weight is 241 g/mol. The number of rotatable bonds is 2. The quantitative estimate of drug-likeness (QED) is 0.819. The summed E-state index contributed by atoms with van der Waals surface area (Å²) in [6.45, 7) is 1.78. The number of morpholine rings is 1. The SMILES string of the molecule is O=C(Nc1ccc(Cl)cc1)C1COCCN1. The van der Waals surface area contributed by atoms with E-state index in [1.807, 2.05) is 0 Å². The number of hydrogen-bond donors (Lipinski definition) is 2. The highest BCUT2D eigenvalue weighted by Crippen LogP contribution is 2.13. The Bertz CT molecular complexity index is 361. The van der Waals surface area contributed by atoms with Gasteiger partial charge in [-0.15, -0.1) is 0 Å². The van der Waals surface area contributed by atoms with Gasteiger partial charge in [0.2, 0.25) is 5.91 Å². The number of hydrogen-bond acceptors (Lipinski definition) is 3. The summed E-state index contributed by atoms with van der Waals surface area (Å²) >= 11 is 5.75. The van der Waals surface area contributed by atoms with Crippen molar-refractivity contribution < 1.29 is 9.53 Å². The maximum atomic E-state index is 11.8. The van der Waals surface area contributed by atoms with E-state index in [-0.39, 0.29) is 11.9 Å². The van der Waals surface area contributed by atoms with Gasteiger partial charge in [-0.3, -0.25) is 4.79 Å². The first-order valence-electron chi connectivity index (χ1n) is 5.13. The van der Waals surface area contributed by atoms with Crippen LogP contribution in [-0.2, 0) is 9.53 Å². The lowest BCUT2D eigenvalue weighted by atomic mass is 10.2. The molecular formula is C11H13ClN2O2. The predicted molar refractivity (Wildman–Crippen MR) is 62.7 cm³/mol. The van der Waals surface area contributed by atoms with Crippen molar-refractivity contribution in [2.24, 2.45) is 0 Å². The maximum absolute atomic E-state index is 11.8. The van der Waals surface area contributed by atoms with Crippen LogP contribution in [0.1, 0.15) is 0 Å². The Balaban J connectivity index is 1.93. The molecule has 1 aromatic rings. The van der Waals surface area contributed by atoms with E-state index < -0.39 is 0 Å². The third-order valence-electron chi connectivity index (χ3n) is 2.35. The van der Waals surface area contributed by atoms with E-state index in [0.29, 0.717) is 24.8 Å². The predicted octanol–water partition coefficient (Wildman–Crippen LogP) is 1.27. The van der Waals surface area contributed by atoms with E-state index in [1.54, 1.807) is 24.3 Å². The van der Waals surface area contributed by atoms with Gasteiger partial charge in [0.15, 0.2) is 0 Å². The lowest BCUT2D eigenvalue weighted by molar-refractivity contribution is -0.120. The zero-order chi connectivity index (χ0) is 11.4. The van der Waals surface area contributed by atoms with E-state index in [4.69, 9.17) is 16.3 Å². The third kappa shape index (κ3) is 2.95. The summed E-state index contributed by atoms with van der Waals surface area (Å²) in [4.78, 5) is 11.8. The van der Waals surface area contributed by atoms with E-state index >= 15 is 0 Å². The number of halogens is 1. The molecule has 1 unspecified atom stereocenters. The Morgan fingerprint density at radius 1 is 1.44 bits per heavy atom. The highest BCUT2D eigenvalue weighted by molar-refractivity contribution is 6.30. The van der Waals surface area contributed by atoms with Gasteiger partial charge < -0.3 is 15.4 Å². The Morgan fingerprint density at radius 3 is 2.81 bits per heavy atom. The fourth-order valence-corrected chi connectivity index (χ4v) is 1.62. The molecule has 0 saturated carbocycles. The molecule has 0 radical (unpaired) electrons. The minimum atomic E-state index is -0.274. The number of ether oxygens (including phenoxy) is 1. The molecule has 86 valence electrons. The zero-order valence-corrected chi connectivity index (χ0v) is 9.46. The molecule has 0 aliphatic carbocycles. The second-order valence-corrected chi connectivity index (χ2v) is 4.01. The molecule has 1 aliphatic rings. The molecule has 1 amide bonds. The molecular weight excluding hydrogens is 228 g/mol. The fourth-order valence-electron chi connectivity index (χ4n) is 1.50. The van der Waals surface area contributed by atoms with E-state index in [1.165, 1.54) is 0 Å². The lowest BCUT2D eigenvalue weighted by Crippen LogP contribution is -2.48. The van der Waals surface area contributed by atoms with E-state index in [0.717, 1.165) is 5.69 Å². The van der Waals surface area contributed by atoms with Gasteiger partial charge in [-0.2, -0.15) is 0 Å². The molecule has 0 bridgehead atoms. The Morgan fingerprint density at radius 2 is 2.19 bits per heavy atom. The highest BCUT2D eigenvalue weighted by Gasteiger charge is 2.20. The molecule has 5 heteroatoms. The molecule has 2 N–H and O–H groups in total. The van der Waals surface area contributed by atoms with Gasteiger partial charge in [-0.25, -0.2) is 0 Å². The highest BCUT2D eigenvalue weighted by atomic mass is 35.5. The van der Waals surface area contributed by atoms with E-state index in [2.05, 4.69) is 10.6 Å². The molecule has 4 nitrogen and oxygen atoms in total. The van der Waals surface area contributed by atoms with Gasteiger partial charge in [-0.1, -0.05) is 11.6 Å². The van der Waals surface area contributed by atoms with Crippen molar-refractivity contribution in [2.45, 2.75) is 6.04 Å². The van der Waals surface area contributed by atoms with Crippen LogP contribution in [0.2, 0.25) is 5.02 Å². The van der Waals surface area contributed by atoms with Gasteiger partial charge in [0.25, 0.3) is 0 Å². The zero-order valence-electron chi connectivity index (χ0n) is 8.70. The summed E-state index contributed by atoms with van der Waals surface area (Å²) < 4.78 is 5.22. The molecule has 1 aromatic carbocycles. The Labute approximate surface area is 98.9 Å². The summed E-state index contributed by atoms with van der Waals surface area (Å²) in [5.74, 6) is -0.0815. The van der Waals surface area contributed by atoms with Crippen LogP contribution in [0.5, 0.6) is 0 Å². The Hall–Kier alpha value is -1.10. The molecule has 2 rings (SSSR count). The second-order valence-electron chi connectivity index (χ2n) is 3.58. The molecule has 1 saturated heterocycles. The van der Waals surface area contributed by atoms with Crippen molar-refractivity contribution in [2.75, 3.05) is 25.1 Å². The van der Waals surface area contributed by atoms with Crippen molar-refractivity contribution in [3.8, 4) is 0 Å². The van der Waals surface area contributed by atoms with Gasteiger partial charge in [0, 0.05) is 17.3 Å². The Kier molecular flexibility index (Phi) is 3.77. The van der Waals surface area contributed by atoms with Crippen molar-refractivity contribution in [1.82, 2.24) is 5.32 Å². The topological polar surface area (TPSA) is 50.4 Å². The molecule has 1 aliphatic heterocycles. The molecule has 0 spiro atoms. The van der Waals surface area contributed by atoms with Crippen molar-refractivity contribution in [3.05, 3.63) is 29.3 Å². The van der Waals surface area contributed by atoms with Crippen LogP contribution in [0.15, 0.2) is 24.3 Å². The van der Waals surface area contributed by atoms with Crippen LogP contribution >= 0.6 is 11.6 Å². The van der Waals surface area contributed by atoms with Crippen LogP contribution in [0.3, 0.4) is 0 Å². The minimum absolute atomic E-state index is 0.0815. The first kappa shape index (κ1) is 11.4. The number of nitrogens with one attached hydrogen (secondary N) is 2. The first-order chi connectivity index (χ1) is 7.75. The summed E-state index contributed by atoms with van der Waals surface area (Å²) in [7, 11) is 0. The van der Waals surface area contributed by atoms with Crippen molar-refractivity contribution in [3.63, 3.8) is 0 Å². The number of anilines is 1. The van der Waals surface area contributed by atoms with E-state index in [9.17, 15) is 4.79 Å². The molecule has 16 heavy (non-hydrogen) atoms. The van der Waals surface area contributed by atoms with Gasteiger partial charge in [0.05, 0.1) is 13.2 Å².